The van der Waals surface area contributed by atoms with Gasteiger partial charge in [-0.05, 0) is 75.0 Å². The highest BCUT2D eigenvalue weighted by Crippen LogP contribution is 2.25. The fourth-order valence-corrected chi connectivity index (χ4v) is 3.80. The van der Waals surface area contributed by atoms with Crippen LogP contribution >= 0.6 is 0 Å². The zero-order valence-corrected chi connectivity index (χ0v) is 17.2. The first-order chi connectivity index (χ1) is 13.6. The normalized spacial score (nSPS) is 15.7. The van der Waals surface area contributed by atoms with Crippen LogP contribution in [-0.4, -0.2) is 47.3 Å². The molecule has 3 rings (SSSR count). The summed E-state index contributed by atoms with van der Waals surface area (Å²) in [5.74, 6) is 0.960. The number of aromatic nitrogens is 1. The van der Waals surface area contributed by atoms with Crippen molar-refractivity contribution in [3.05, 3.63) is 58.9 Å². The molecule has 0 aliphatic carbocycles. The molecule has 0 bridgehead atoms. The van der Waals surface area contributed by atoms with Crippen LogP contribution in [0.2, 0.25) is 0 Å². The highest BCUT2D eigenvalue weighted by Gasteiger charge is 2.16. The molecule has 2 N–H and O–H groups in total. The van der Waals surface area contributed by atoms with Crippen LogP contribution in [0.5, 0.6) is 5.75 Å². The summed E-state index contributed by atoms with van der Waals surface area (Å²) < 4.78 is 6.02. The van der Waals surface area contributed by atoms with E-state index < -0.39 is 0 Å². The second-order valence-electron chi connectivity index (χ2n) is 7.77. The summed E-state index contributed by atoms with van der Waals surface area (Å²) >= 11 is 0. The SMILES string of the molecule is Cc1cc(CNCCCN2CCC(O)CC2)cc(C)c1OCc1ccccn1. The predicted molar refractivity (Wildman–Crippen MR) is 112 cm³/mol. The molecule has 1 aliphatic rings. The molecule has 0 saturated carbocycles. The van der Waals surface area contributed by atoms with Crippen molar-refractivity contribution in [2.75, 3.05) is 26.2 Å². The number of hydrogen-bond donors (Lipinski definition) is 2. The second-order valence-corrected chi connectivity index (χ2v) is 7.77. The molecule has 1 saturated heterocycles. The fraction of sp³-hybridized carbons (Fsp3) is 0.522. The van der Waals surface area contributed by atoms with Gasteiger partial charge in [-0.2, -0.15) is 0 Å². The molecular formula is C23H33N3O2. The first-order valence-corrected chi connectivity index (χ1v) is 10.4. The van der Waals surface area contributed by atoms with E-state index >= 15 is 0 Å². The van der Waals surface area contributed by atoms with Gasteiger partial charge >= 0.3 is 0 Å². The summed E-state index contributed by atoms with van der Waals surface area (Å²) in [4.78, 5) is 6.77. The zero-order valence-electron chi connectivity index (χ0n) is 17.2. The van der Waals surface area contributed by atoms with Crippen LogP contribution < -0.4 is 10.1 Å². The maximum absolute atomic E-state index is 9.57. The predicted octanol–water partition coefficient (Wildman–Crippen LogP) is 3.21. The fourth-order valence-electron chi connectivity index (χ4n) is 3.80. The van der Waals surface area contributed by atoms with Gasteiger partial charge in [0.15, 0.2) is 0 Å². The minimum atomic E-state index is -0.0863. The number of pyridine rings is 1. The summed E-state index contributed by atoms with van der Waals surface area (Å²) in [6, 6.07) is 10.3. The number of aliphatic hydroxyl groups is 1. The molecule has 1 aromatic carbocycles. The van der Waals surface area contributed by atoms with Gasteiger partial charge in [-0.25, -0.2) is 0 Å². The largest absolute Gasteiger partial charge is 0.487 e. The van der Waals surface area contributed by atoms with Crippen molar-refractivity contribution in [3.63, 3.8) is 0 Å². The minimum Gasteiger partial charge on any atom is -0.487 e. The van der Waals surface area contributed by atoms with Gasteiger partial charge in [0.05, 0.1) is 11.8 Å². The number of nitrogens with one attached hydrogen (secondary N) is 1. The third-order valence-electron chi connectivity index (χ3n) is 5.32. The van der Waals surface area contributed by atoms with E-state index in [0.717, 1.165) is 63.4 Å². The van der Waals surface area contributed by atoms with Gasteiger partial charge < -0.3 is 20.1 Å². The van der Waals surface area contributed by atoms with E-state index in [1.54, 1.807) is 6.20 Å². The molecule has 1 aliphatic heterocycles. The molecule has 0 atom stereocenters. The monoisotopic (exact) mass is 383 g/mol. The molecule has 5 heteroatoms. The highest BCUT2D eigenvalue weighted by atomic mass is 16.5. The number of piperidine rings is 1. The summed E-state index contributed by atoms with van der Waals surface area (Å²) in [6.07, 6.45) is 4.68. The van der Waals surface area contributed by atoms with Gasteiger partial charge in [0.25, 0.3) is 0 Å². The highest BCUT2D eigenvalue weighted by molar-refractivity contribution is 5.43. The Kier molecular flexibility index (Phi) is 7.83. The lowest BCUT2D eigenvalue weighted by Crippen LogP contribution is -2.37. The van der Waals surface area contributed by atoms with Gasteiger partial charge in [0.2, 0.25) is 0 Å². The average molecular weight is 384 g/mol. The third kappa shape index (κ3) is 6.30. The van der Waals surface area contributed by atoms with Crippen LogP contribution in [0.4, 0.5) is 0 Å². The number of likely N-dealkylation sites (tertiary alicyclic amines) is 1. The smallest absolute Gasteiger partial charge is 0.130 e. The molecule has 0 unspecified atom stereocenters. The van der Waals surface area contributed by atoms with E-state index in [4.69, 9.17) is 4.74 Å². The Bertz CT molecular complexity index is 705. The molecule has 0 radical (unpaired) electrons. The number of benzene rings is 1. The quantitative estimate of drug-likeness (QED) is 0.651. The molecule has 28 heavy (non-hydrogen) atoms. The van der Waals surface area contributed by atoms with Crippen LogP contribution in [0.15, 0.2) is 36.5 Å². The van der Waals surface area contributed by atoms with Crippen molar-refractivity contribution in [2.24, 2.45) is 0 Å². The number of hydrogen-bond acceptors (Lipinski definition) is 5. The Morgan fingerprint density at radius 1 is 1.18 bits per heavy atom. The Labute approximate surface area is 168 Å². The van der Waals surface area contributed by atoms with Crippen molar-refractivity contribution in [1.82, 2.24) is 15.2 Å². The van der Waals surface area contributed by atoms with Crippen molar-refractivity contribution < 1.29 is 9.84 Å². The Hall–Kier alpha value is -1.95. The lowest BCUT2D eigenvalue weighted by atomic mass is 10.1. The zero-order chi connectivity index (χ0) is 19.8. The molecule has 2 aromatic rings. The van der Waals surface area contributed by atoms with Crippen LogP contribution in [-0.2, 0) is 13.2 Å². The standard InChI is InChI=1S/C23H33N3O2/c1-18-14-20(16-24-9-5-11-26-12-7-22(27)8-13-26)15-19(2)23(18)28-17-21-6-3-4-10-25-21/h3-4,6,10,14-15,22,24,27H,5,7-9,11-13,16-17H2,1-2H3. The van der Waals surface area contributed by atoms with Crippen molar-refractivity contribution in [1.29, 1.82) is 0 Å². The van der Waals surface area contributed by atoms with Crippen molar-refractivity contribution >= 4 is 0 Å². The van der Waals surface area contributed by atoms with Crippen molar-refractivity contribution in [2.45, 2.75) is 52.4 Å². The summed E-state index contributed by atoms with van der Waals surface area (Å²) in [5.41, 5.74) is 4.57. The van der Waals surface area contributed by atoms with Gasteiger partial charge in [-0.1, -0.05) is 18.2 Å². The second kappa shape index (κ2) is 10.6. The van der Waals surface area contributed by atoms with E-state index in [9.17, 15) is 5.11 Å². The topological polar surface area (TPSA) is 57.6 Å². The molecule has 2 heterocycles. The number of aryl methyl sites for hydroxylation is 2. The van der Waals surface area contributed by atoms with Gasteiger partial charge in [-0.15, -0.1) is 0 Å². The minimum absolute atomic E-state index is 0.0863. The molecule has 0 amide bonds. The lowest BCUT2D eigenvalue weighted by molar-refractivity contribution is 0.0821. The van der Waals surface area contributed by atoms with Gasteiger partial charge in [-0.3, -0.25) is 4.98 Å². The summed E-state index contributed by atoms with van der Waals surface area (Å²) in [6.45, 7) is 9.75. The maximum Gasteiger partial charge on any atom is 0.130 e. The van der Waals surface area contributed by atoms with E-state index in [0.29, 0.717) is 6.61 Å². The van der Waals surface area contributed by atoms with E-state index in [-0.39, 0.29) is 6.10 Å². The van der Waals surface area contributed by atoms with Gasteiger partial charge in [0.1, 0.15) is 12.4 Å². The molecule has 0 spiro atoms. The Balaban J connectivity index is 1.41. The molecule has 1 fully saturated rings. The first kappa shape index (κ1) is 20.8. The summed E-state index contributed by atoms with van der Waals surface area (Å²) in [7, 11) is 0. The van der Waals surface area contributed by atoms with Gasteiger partial charge in [0, 0.05) is 25.8 Å². The van der Waals surface area contributed by atoms with Crippen molar-refractivity contribution in [3.8, 4) is 5.75 Å². The average Bonchev–Trinajstić information content (AvgIpc) is 2.69. The lowest BCUT2D eigenvalue weighted by Gasteiger charge is -2.29. The summed E-state index contributed by atoms with van der Waals surface area (Å²) in [5, 5.41) is 13.1. The van der Waals surface area contributed by atoms with Crippen LogP contribution in [0.1, 0.15) is 41.6 Å². The number of rotatable bonds is 9. The van der Waals surface area contributed by atoms with Crippen LogP contribution in [0.25, 0.3) is 0 Å². The first-order valence-electron chi connectivity index (χ1n) is 10.4. The van der Waals surface area contributed by atoms with Crippen LogP contribution in [0.3, 0.4) is 0 Å². The Morgan fingerprint density at radius 2 is 1.93 bits per heavy atom. The number of aliphatic hydroxyl groups excluding tert-OH is 1. The van der Waals surface area contributed by atoms with Crippen LogP contribution in [0, 0.1) is 13.8 Å². The van der Waals surface area contributed by atoms with E-state index in [2.05, 4.69) is 41.2 Å². The van der Waals surface area contributed by atoms with E-state index in [1.807, 2.05) is 18.2 Å². The molecule has 1 aromatic heterocycles. The number of ether oxygens (including phenoxy) is 1. The van der Waals surface area contributed by atoms with E-state index in [1.165, 1.54) is 16.7 Å². The Morgan fingerprint density at radius 3 is 2.61 bits per heavy atom. The maximum atomic E-state index is 9.57. The number of nitrogens with zero attached hydrogens (tertiary/aromatic N) is 2. The molecule has 152 valence electrons. The third-order valence-corrected chi connectivity index (χ3v) is 5.32. The molecular weight excluding hydrogens is 350 g/mol. The molecule has 5 nitrogen and oxygen atoms in total.